The van der Waals surface area contributed by atoms with Gasteiger partial charge in [0, 0.05) is 11.9 Å². The lowest BCUT2D eigenvalue weighted by Crippen LogP contribution is -2.13. The third-order valence-corrected chi connectivity index (χ3v) is 3.50. The van der Waals surface area contributed by atoms with E-state index in [-0.39, 0.29) is 15.6 Å². The van der Waals surface area contributed by atoms with Crippen molar-refractivity contribution in [1.29, 1.82) is 5.41 Å². The highest BCUT2D eigenvalue weighted by atomic mass is 35.5. The molecule has 4 nitrogen and oxygen atoms in total. The second kappa shape index (κ2) is 4.60. The van der Waals surface area contributed by atoms with Gasteiger partial charge in [-0.2, -0.15) is 5.10 Å². The number of rotatable bonds is 2. The summed E-state index contributed by atoms with van der Waals surface area (Å²) in [5.74, 6) is -0.180. The normalized spacial score (nSPS) is 10.5. The van der Waals surface area contributed by atoms with Gasteiger partial charge in [0.2, 0.25) is 4.80 Å². The number of carbonyl (C=O) groups is 1. The highest BCUT2D eigenvalue weighted by molar-refractivity contribution is 7.10. The van der Waals surface area contributed by atoms with E-state index in [1.54, 1.807) is 18.2 Å². The fourth-order valence-electron chi connectivity index (χ4n) is 1.25. The Morgan fingerprint density at radius 2 is 2.18 bits per heavy atom. The van der Waals surface area contributed by atoms with Gasteiger partial charge in [-0.25, -0.2) is 4.68 Å². The first-order valence-corrected chi connectivity index (χ1v) is 6.17. The quantitative estimate of drug-likeness (QED) is 0.864. The van der Waals surface area contributed by atoms with Gasteiger partial charge in [0.15, 0.2) is 10.8 Å². The summed E-state index contributed by atoms with van der Waals surface area (Å²) in [6.45, 7) is 1.40. The van der Waals surface area contributed by atoms with E-state index < -0.39 is 0 Å². The van der Waals surface area contributed by atoms with E-state index in [1.165, 1.54) is 11.6 Å². The van der Waals surface area contributed by atoms with Crippen molar-refractivity contribution in [2.24, 2.45) is 0 Å². The van der Waals surface area contributed by atoms with Gasteiger partial charge in [0.25, 0.3) is 0 Å². The molecule has 1 heterocycles. The molecule has 2 rings (SSSR count). The van der Waals surface area contributed by atoms with E-state index in [1.807, 2.05) is 0 Å². The van der Waals surface area contributed by atoms with Crippen molar-refractivity contribution in [3.05, 3.63) is 38.1 Å². The first kappa shape index (κ1) is 12.3. The summed E-state index contributed by atoms with van der Waals surface area (Å²) in [7, 11) is 0. The van der Waals surface area contributed by atoms with E-state index >= 15 is 0 Å². The summed E-state index contributed by atoms with van der Waals surface area (Å²) in [6.07, 6.45) is 0. The Bertz CT molecular complexity index is 647. The van der Waals surface area contributed by atoms with Crippen molar-refractivity contribution >= 4 is 40.3 Å². The number of benzene rings is 1. The molecule has 17 heavy (non-hydrogen) atoms. The number of nitrogens with zero attached hydrogens (tertiary/aromatic N) is 2. The first-order valence-electron chi connectivity index (χ1n) is 4.60. The van der Waals surface area contributed by atoms with E-state index in [0.29, 0.717) is 15.7 Å². The van der Waals surface area contributed by atoms with Gasteiger partial charge in [0.05, 0.1) is 10.7 Å². The van der Waals surface area contributed by atoms with Crippen molar-refractivity contribution in [1.82, 2.24) is 9.78 Å². The van der Waals surface area contributed by atoms with E-state index in [2.05, 4.69) is 5.10 Å². The van der Waals surface area contributed by atoms with Crippen molar-refractivity contribution in [3.8, 4) is 5.69 Å². The van der Waals surface area contributed by atoms with Crippen LogP contribution in [0, 0.1) is 5.41 Å². The van der Waals surface area contributed by atoms with Gasteiger partial charge in [-0.05, 0) is 18.2 Å². The molecule has 1 aromatic carbocycles. The molecule has 0 spiro atoms. The molecule has 1 N–H and O–H groups in total. The van der Waals surface area contributed by atoms with Crippen LogP contribution in [0.15, 0.2) is 18.2 Å². The molecule has 0 aliphatic carbocycles. The number of hydrogen-bond donors (Lipinski definition) is 1. The highest BCUT2D eigenvalue weighted by Gasteiger charge is 2.12. The molecule has 0 radical (unpaired) electrons. The van der Waals surface area contributed by atoms with Crippen LogP contribution in [-0.2, 0) is 0 Å². The maximum atomic E-state index is 11.2. The SMILES string of the molecule is CC(=O)c1nn(-c2cc(Cl)ccc2Cl)c(=N)s1. The lowest BCUT2D eigenvalue weighted by atomic mass is 10.3. The van der Waals surface area contributed by atoms with Crippen LogP contribution in [0.3, 0.4) is 0 Å². The average molecular weight is 288 g/mol. The zero-order chi connectivity index (χ0) is 12.6. The number of aromatic nitrogens is 2. The van der Waals surface area contributed by atoms with Crippen LogP contribution in [0.25, 0.3) is 5.69 Å². The maximum Gasteiger partial charge on any atom is 0.205 e. The minimum atomic E-state index is -0.180. The molecule has 2 aromatic rings. The van der Waals surface area contributed by atoms with Crippen LogP contribution in [0.4, 0.5) is 0 Å². The van der Waals surface area contributed by atoms with Crippen LogP contribution in [0.1, 0.15) is 16.7 Å². The molecular weight excluding hydrogens is 281 g/mol. The Balaban J connectivity index is 2.64. The Morgan fingerprint density at radius 1 is 1.47 bits per heavy atom. The predicted octanol–water partition coefficient (Wildman–Crippen LogP) is 2.92. The zero-order valence-corrected chi connectivity index (χ0v) is 11.0. The number of carbonyl (C=O) groups excluding carboxylic acids is 1. The van der Waals surface area contributed by atoms with Gasteiger partial charge < -0.3 is 0 Å². The standard InChI is InChI=1S/C10H7Cl2N3OS/c1-5(16)9-14-15(10(13)17-9)8-4-6(11)2-3-7(8)12/h2-4,13H,1H3. The maximum absolute atomic E-state index is 11.2. The molecule has 0 saturated carbocycles. The summed E-state index contributed by atoms with van der Waals surface area (Å²) in [4.78, 5) is 11.3. The molecule has 0 amide bonds. The Labute approximate surface area is 111 Å². The average Bonchev–Trinajstić information content (AvgIpc) is 2.64. The Morgan fingerprint density at radius 3 is 2.76 bits per heavy atom. The monoisotopic (exact) mass is 287 g/mol. The molecule has 0 aliphatic heterocycles. The zero-order valence-electron chi connectivity index (χ0n) is 8.70. The Hall–Kier alpha value is -1.17. The van der Waals surface area contributed by atoms with Crippen LogP contribution >= 0.6 is 34.5 Å². The number of nitrogens with one attached hydrogen (secondary N) is 1. The highest BCUT2D eigenvalue weighted by Crippen LogP contribution is 2.23. The number of halogens is 2. The van der Waals surface area contributed by atoms with E-state index in [9.17, 15) is 4.79 Å². The smallest absolute Gasteiger partial charge is 0.205 e. The van der Waals surface area contributed by atoms with Crippen molar-refractivity contribution < 1.29 is 4.79 Å². The van der Waals surface area contributed by atoms with Crippen molar-refractivity contribution in [2.75, 3.05) is 0 Å². The third kappa shape index (κ3) is 2.41. The molecule has 0 fully saturated rings. The van der Waals surface area contributed by atoms with Crippen LogP contribution < -0.4 is 4.80 Å². The lowest BCUT2D eigenvalue weighted by Gasteiger charge is -2.03. The molecule has 88 valence electrons. The summed E-state index contributed by atoms with van der Waals surface area (Å²) in [6, 6.07) is 4.87. The summed E-state index contributed by atoms with van der Waals surface area (Å²) in [5, 5.41) is 13.0. The fraction of sp³-hybridized carbons (Fsp3) is 0.100. The van der Waals surface area contributed by atoms with Crippen LogP contribution in [0.5, 0.6) is 0 Å². The van der Waals surface area contributed by atoms with Gasteiger partial charge in [-0.3, -0.25) is 10.2 Å². The van der Waals surface area contributed by atoms with Crippen molar-refractivity contribution in [3.63, 3.8) is 0 Å². The van der Waals surface area contributed by atoms with E-state index in [0.717, 1.165) is 11.3 Å². The fourth-order valence-corrected chi connectivity index (χ4v) is 2.28. The molecular formula is C10H7Cl2N3OS. The predicted molar refractivity (Wildman–Crippen MR) is 67.3 cm³/mol. The molecule has 7 heteroatoms. The molecule has 0 atom stereocenters. The van der Waals surface area contributed by atoms with Crippen LogP contribution in [0.2, 0.25) is 10.0 Å². The molecule has 1 aromatic heterocycles. The first-order chi connectivity index (χ1) is 7.99. The minimum Gasteiger partial charge on any atom is -0.292 e. The molecule has 0 unspecified atom stereocenters. The van der Waals surface area contributed by atoms with E-state index in [4.69, 9.17) is 28.6 Å². The molecule has 0 saturated heterocycles. The third-order valence-electron chi connectivity index (χ3n) is 2.01. The molecule has 0 aliphatic rings. The van der Waals surface area contributed by atoms with Gasteiger partial charge in [-0.15, -0.1) is 0 Å². The second-order valence-corrected chi connectivity index (χ2v) is 5.10. The minimum absolute atomic E-state index is 0.124. The second-order valence-electron chi connectivity index (χ2n) is 3.28. The number of Topliss-reactive ketones (excluding diaryl/α,β-unsaturated/α-hetero) is 1. The molecule has 0 bridgehead atoms. The largest absolute Gasteiger partial charge is 0.292 e. The Kier molecular flexibility index (Phi) is 3.33. The number of hydrogen-bond acceptors (Lipinski definition) is 4. The van der Waals surface area contributed by atoms with Crippen LogP contribution in [-0.4, -0.2) is 15.6 Å². The van der Waals surface area contributed by atoms with Gasteiger partial charge in [0.1, 0.15) is 0 Å². The van der Waals surface area contributed by atoms with Gasteiger partial charge >= 0.3 is 0 Å². The summed E-state index contributed by atoms with van der Waals surface area (Å²) in [5.41, 5.74) is 0.493. The topological polar surface area (TPSA) is 58.7 Å². The lowest BCUT2D eigenvalue weighted by molar-refractivity contribution is 0.101. The summed E-state index contributed by atoms with van der Waals surface area (Å²) >= 11 is 12.9. The number of ketones is 1. The summed E-state index contributed by atoms with van der Waals surface area (Å²) < 4.78 is 1.30. The van der Waals surface area contributed by atoms with Crippen molar-refractivity contribution in [2.45, 2.75) is 6.92 Å². The van der Waals surface area contributed by atoms with Gasteiger partial charge in [-0.1, -0.05) is 34.5 Å².